The SMILES string of the molecule is CN=C(NCc1ccc(C(N)=O)cc1)NCC1(C)CCCS1.I. The Morgan fingerprint density at radius 1 is 1.35 bits per heavy atom. The van der Waals surface area contributed by atoms with Crippen LogP contribution in [0.2, 0.25) is 0 Å². The summed E-state index contributed by atoms with van der Waals surface area (Å²) in [6, 6.07) is 7.28. The Kier molecular flexibility index (Phi) is 8.18. The van der Waals surface area contributed by atoms with Gasteiger partial charge in [-0.25, -0.2) is 0 Å². The standard InChI is InChI=1S/C16H24N4OS.HI/c1-16(8-3-9-22-16)11-20-15(18-2)19-10-12-4-6-13(7-5-12)14(17)21;/h4-7H,3,8-11H2,1-2H3,(H2,17,21)(H2,18,19,20);1H. The van der Waals surface area contributed by atoms with Crippen LogP contribution in [0.3, 0.4) is 0 Å². The van der Waals surface area contributed by atoms with Crippen LogP contribution in [-0.2, 0) is 6.54 Å². The fourth-order valence-electron chi connectivity index (χ4n) is 2.44. The Balaban J connectivity index is 0.00000264. The van der Waals surface area contributed by atoms with E-state index in [0.29, 0.717) is 16.9 Å². The van der Waals surface area contributed by atoms with Gasteiger partial charge in [0.15, 0.2) is 5.96 Å². The fraction of sp³-hybridized carbons (Fsp3) is 0.500. The molecule has 0 spiro atoms. The molecule has 2 rings (SSSR count). The van der Waals surface area contributed by atoms with Gasteiger partial charge < -0.3 is 16.4 Å². The molecule has 0 radical (unpaired) electrons. The number of nitrogens with zero attached hydrogens (tertiary/aromatic N) is 1. The van der Waals surface area contributed by atoms with Gasteiger partial charge in [-0.2, -0.15) is 11.8 Å². The Morgan fingerprint density at radius 2 is 2.04 bits per heavy atom. The number of nitrogens with two attached hydrogens (primary N) is 1. The lowest BCUT2D eigenvalue weighted by atomic mass is 10.1. The number of carbonyl (C=O) groups excluding carboxylic acids is 1. The van der Waals surface area contributed by atoms with E-state index in [1.54, 1.807) is 19.2 Å². The molecule has 1 fully saturated rings. The highest BCUT2D eigenvalue weighted by atomic mass is 127. The number of benzene rings is 1. The molecule has 1 atom stereocenters. The molecule has 0 saturated carbocycles. The molecule has 7 heteroatoms. The van der Waals surface area contributed by atoms with E-state index in [1.807, 2.05) is 23.9 Å². The van der Waals surface area contributed by atoms with Crippen LogP contribution in [0.1, 0.15) is 35.7 Å². The number of hydrogen-bond acceptors (Lipinski definition) is 3. The van der Waals surface area contributed by atoms with E-state index in [2.05, 4.69) is 22.5 Å². The number of thioether (sulfide) groups is 1. The minimum atomic E-state index is -0.403. The van der Waals surface area contributed by atoms with Gasteiger partial charge in [-0.15, -0.1) is 24.0 Å². The fourth-order valence-corrected chi connectivity index (χ4v) is 3.68. The van der Waals surface area contributed by atoms with E-state index in [0.717, 1.165) is 18.1 Å². The first kappa shape index (κ1) is 20.1. The molecule has 0 aliphatic carbocycles. The maximum Gasteiger partial charge on any atom is 0.248 e. The molecular weight excluding hydrogens is 423 g/mol. The zero-order chi connectivity index (χ0) is 16.0. The van der Waals surface area contributed by atoms with Crippen molar-refractivity contribution in [2.45, 2.75) is 31.1 Å². The minimum absolute atomic E-state index is 0. The smallest absolute Gasteiger partial charge is 0.248 e. The highest BCUT2D eigenvalue weighted by Gasteiger charge is 2.29. The topological polar surface area (TPSA) is 79.5 Å². The first-order valence-electron chi connectivity index (χ1n) is 7.50. The summed E-state index contributed by atoms with van der Waals surface area (Å²) in [5.74, 6) is 1.64. The van der Waals surface area contributed by atoms with Gasteiger partial charge in [0.2, 0.25) is 5.91 Å². The average Bonchev–Trinajstić information content (AvgIpc) is 2.95. The molecule has 128 valence electrons. The molecule has 1 amide bonds. The van der Waals surface area contributed by atoms with Crippen molar-refractivity contribution < 1.29 is 4.79 Å². The third-order valence-corrected chi connectivity index (χ3v) is 5.39. The third-order valence-electron chi connectivity index (χ3n) is 3.85. The van der Waals surface area contributed by atoms with Crippen molar-refractivity contribution in [2.75, 3.05) is 19.3 Å². The first-order valence-corrected chi connectivity index (χ1v) is 8.48. The van der Waals surface area contributed by atoms with Crippen molar-refractivity contribution in [3.05, 3.63) is 35.4 Å². The maximum atomic E-state index is 11.0. The van der Waals surface area contributed by atoms with Crippen molar-refractivity contribution in [3.63, 3.8) is 0 Å². The highest BCUT2D eigenvalue weighted by Crippen LogP contribution is 2.36. The number of aliphatic imine (C=N–C) groups is 1. The van der Waals surface area contributed by atoms with Crippen LogP contribution in [0.4, 0.5) is 0 Å². The molecule has 5 nitrogen and oxygen atoms in total. The maximum absolute atomic E-state index is 11.0. The van der Waals surface area contributed by atoms with E-state index in [1.165, 1.54) is 18.6 Å². The van der Waals surface area contributed by atoms with E-state index >= 15 is 0 Å². The number of carbonyl (C=O) groups is 1. The van der Waals surface area contributed by atoms with Crippen LogP contribution in [0, 0.1) is 0 Å². The number of primary amides is 1. The van der Waals surface area contributed by atoms with E-state index < -0.39 is 5.91 Å². The molecule has 1 unspecified atom stereocenters. The van der Waals surface area contributed by atoms with E-state index in [9.17, 15) is 4.79 Å². The van der Waals surface area contributed by atoms with Crippen molar-refractivity contribution in [1.29, 1.82) is 0 Å². The Hall–Kier alpha value is -0.960. The second-order valence-corrected chi connectivity index (χ2v) is 7.42. The Labute approximate surface area is 159 Å². The summed E-state index contributed by atoms with van der Waals surface area (Å²) >= 11 is 2.03. The predicted octanol–water partition coefficient (Wildman–Crippen LogP) is 2.35. The van der Waals surface area contributed by atoms with Gasteiger partial charge in [0.05, 0.1) is 0 Å². The summed E-state index contributed by atoms with van der Waals surface area (Å²) in [7, 11) is 1.77. The van der Waals surface area contributed by atoms with Crippen LogP contribution in [-0.4, -0.2) is 36.0 Å². The summed E-state index contributed by atoms with van der Waals surface area (Å²) < 4.78 is 0.306. The lowest BCUT2D eigenvalue weighted by Gasteiger charge is -2.24. The molecule has 1 aromatic carbocycles. The monoisotopic (exact) mass is 448 g/mol. The van der Waals surface area contributed by atoms with Gasteiger partial charge in [0, 0.05) is 30.4 Å². The van der Waals surface area contributed by atoms with Crippen LogP contribution >= 0.6 is 35.7 Å². The van der Waals surface area contributed by atoms with Gasteiger partial charge >= 0.3 is 0 Å². The molecule has 1 heterocycles. The Morgan fingerprint density at radius 3 is 2.57 bits per heavy atom. The van der Waals surface area contributed by atoms with Crippen molar-refractivity contribution in [3.8, 4) is 0 Å². The number of halogens is 1. The summed E-state index contributed by atoms with van der Waals surface area (Å²) in [5.41, 5.74) is 6.84. The van der Waals surface area contributed by atoms with Gasteiger partial charge in [-0.1, -0.05) is 12.1 Å². The average molecular weight is 448 g/mol. The molecule has 1 aliphatic heterocycles. The second-order valence-electron chi connectivity index (χ2n) is 5.74. The summed E-state index contributed by atoms with van der Waals surface area (Å²) in [4.78, 5) is 15.3. The minimum Gasteiger partial charge on any atom is -0.366 e. The zero-order valence-corrected chi connectivity index (χ0v) is 16.7. The summed E-state index contributed by atoms with van der Waals surface area (Å²) in [6.07, 6.45) is 2.54. The van der Waals surface area contributed by atoms with Crippen LogP contribution in [0.15, 0.2) is 29.3 Å². The predicted molar refractivity (Wildman–Crippen MR) is 109 cm³/mol. The quantitative estimate of drug-likeness (QED) is 0.367. The number of nitrogens with one attached hydrogen (secondary N) is 2. The molecular formula is C16H25IN4OS. The summed E-state index contributed by atoms with van der Waals surface area (Å²) in [5, 5.41) is 6.68. The van der Waals surface area contributed by atoms with Gasteiger partial charge in [0.25, 0.3) is 0 Å². The lowest BCUT2D eigenvalue weighted by Crippen LogP contribution is -2.43. The molecule has 1 aromatic rings. The van der Waals surface area contributed by atoms with Crippen LogP contribution < -0.4 is 16.4 Å². The molecule has 1 aliphatic rings. The zero-order valence-electron chi connectivity index (χ0n) is 13.6. The lowest BCUT2D eigenvalue weighted by molar-refractivity contribution is 0.100. The Bertz CT molecular complexity index is 542. The van der Waals surface area contributed by atoms with Crippen LogP contribution in [0.5, 0.6) is 0 Å². The second kappa shape index (κ2) is 9.36. The van der Waals surface area contributed by atoms with Crippen LogP contribution in [0.25, 0.3) is 0 Å². The highest BCUT2D eigenvalue weighted by molar-refractivity contribution is 14.0. The number of guanidine groups is 1. The van der Waals surface area contributed by atoms with E-state index in [-0.39, 0.29) is 24.0 Å². The molecule has 0 aromatic heterocycles. The molecule has 23 heavy (non-hydrogen) atoms. The summed E-state index contributed by atoms with van der Waals surface area (Å²) in [6.45, 7) is 3.87. The molecule has 4 N–H and O–H groups in total. The van der Waals surface area contributed by atoms with Crippen molar-refractivity contribution >= 4 is 47.6 Å². The normalized spacial score (nSPS) is 20.7. The largest absolute Gasteiger partial charge is 0.366 e. The van der Waals surface area contributed by atoms with Gasteiger partial charge in [-0.3, -0.25) is 9.79 Å². The van der Waals surface area contributed by atoms with Crippen molar-refractivity contribution in [1.82, 2.24) is 10.6 Å². The first-order chi connectivity index (χ1) is 10.5. The number of amides is 1. The number of rotatable bonds is 5. The van der Waals surface area contributed by atoms with E-state index in [4.69, 9.17) is 5.73 Å². The number of hydrogen-bond donors (Lipinski definition) is 3. The van der Waals surface area contributed by atoms with Crippen molar-refractivity contribution in [2.24, 2.45) is 10.7 Å². The molecule has 0 bridgehead atoms. The third kappa shape index (κ3) is 6.21. The molecule has 1 saturated heterocycles. The van der Waals surface area contributed by atoms with Gasteiger partial charge in [0.1, 0.15) is 0 Å². The van der Waals surface area contributed by atoms with Gasteiger partial charge in [-0.05, 0) is 43.2 Å².